The normalized spacial score (nSPS) is 11.7. The lowest BCUT2D eigenvalue weighted by molar-refractivity contribution is 0.0998. The van der Waals surface area contributed by atoms with Gasteiger partial charge in [0.25, 0.3) is 5.91 Å². The fourth-order valence-electron chi connectivity index (χ4n) is 2.33. The van der Waals surface area contributed by atoms with Crippen LogP contribution in [0.4, 0.5) is 0 Å². The van der Waals surface area contributed by atoms with Crippen LogP contribution in [0.5, 0.6) is 11.5 Å². The van der Waals surface area contributed by atoms with Gasteiger partial charge in [-0.25, -0.2) is 0 Å². The van der Waals surface area contributed by atoms with Crippen molar-refractivity contribution in [3.63, 3.8) is 0 Å². The standard InChI is InChI=1S/C17H16N2O3S/c1-19-15-13(22-3)5-4-6-14(15)23-17(19)18-16(20)11-7-9-12(21-2)10-8-11/h4-10H,1-3H3. The molecule has 0 saturated carbocycles. The second-order valence-electron chi connectivity index (χ2n) is 4.90. The molecule has 23 heavy (non-hydrogen) atoms. The molecule has 0 saturated heterocycles. The van der Waals surface area contributed by atoms with Gasteiger partial charge in [-0.15, -0.1) is 0 Å². The number of hydrogen-bond donors (Lipinski definition) is 0. The Morgan fingerprint density at radius 2 is 1.83 bits per heavy atom. The molecular formula is C17H16N2O3S. The van der Waals surface area contributed by atoms with E-state index in [0.29, 0.717) is 16.1 Å². The number of methoxy groups -OCH3 is 2. The minimum atomic E-state index is -0.284. The Bertz CT molecular complexity index is 923. The molecule has 6 heteroatoms. The van der Waals surface area contributed by atoms with Crippen LogP contribution in [0.1, 0.15) is 10.4 Å². The van der Waals surface area contributed by atoms with Crippen molar-refractivity contribution in [1.29, 1.82) is 0 Å². The quantitative estimate of drug-likeness (QED) is 0.743. The van der Waals surface area contributed by atoms with Crippen molar-refractivity contribution in [2.45, 2.75) is 0 Å². The second kappa shape index (κ2) is 6.26. The molecule has 3 rings (SSSR count). The molecule has 0 N–H and O–H groups in total. The molecule has 0 aliphatic heterocycles. The number of carbonyl (C=O) groups is 1. The number of aromatic nitrogens is 1. The number of carbonyl (C=O) groups excluding carboxylic acids is 1. The number of benzene rings is 2. The van der Waals surface area contributed by atoms with E-state index in [1.165, 1.54) is 11.3 Å². The van der Waals surface area contributed by atoms with Gasteiger partial charge in [-0.3, -0.25) is 4.79 Å². The molecule has 0 atom stereocenters. The van der Waals surface area contributed by atoms with Gasteiger partial charge in [-0.1, -0.05) is 17.4 Å². The number of nitrogens with zero attached hydrogens (tertiary/aromatic N) is 2. The first kappa shape index (κ1) is 15.3. The lowest BCUT2D eigenvalue weighted by atomic mass is 10.2. The van der Waals surface area contributed by atoms with Gasteiger partial charge in [0.2, 0.25) is 0 Å². The number of fused-ring (bicyclic) bond motifs is 1. The summed E-state index contributed by atoms with van der Waals surface area (Å²) in [5, 5.41) is 0. The zero-order valence-corrected chi connectivity index (χ0v) is 13.9. The molecule has 1 aromatic heterocycles. The highest BCUT2D eigenvalue weighted by atomic mass is 32.1. The molecule has 0 fully saturated rings. The summed E-state index contributed by atoms with van der Waals surface area (Å²) in [6.07, 6.45) is 0. The maximum atomic E-state index is 12.4. The minimum absolute atomic E-state index is 0.284. The smallest absolute Gasteiger partial charge is 0.279 e. The fourth-order valence-corrected chi connectivity index (χ4v) is 3.36. The third kappa shape index (κ3) is 2.85. The average molecular weight is 328 g/mol. The maximum absolute atomic E-state index is 12.4. The van der Waals surface area contributed by atoms with Crippen LogP contribution < -0.4 is 14.3 Å². The summed E-state index contributed by atoms with van der Waals surface area (Å²) >= 11 is 1.45. The van der Waals surface area contributed by atoms with Gasteiger partial charge in [-0.05, 0) is 36.4 Å². The summed E-state index contributed by atoms with van der Waals surface area (Å²) in [5.74, 6) is 1.19. The van der Waals surface area contributed by atoms with Crippen LogP contribution in [0.2, 0.25) is 0 Å². The first-order valence-electron chi connectivity index (χ1n) is 6.99. The highest BCUT2D eigenvalue weighted by Crippen LogP contribution is 2.26. The lowest BCUT2D eigenvalue weighted by Crippen LogP contribution is -2.13. The van der Waals surface area contributed by atoms with E-state index in [-0.39, 0.29) is 5.91 Å². The van der Waals surface area contributed by atoms with Crippen LogP contribution in [0.3, 0.4) is 0 Å². The number of hydrogen-bond acceptors (Lipinski definition) is 4. The van der Waals surface area contributed by atoms with Gasteiger partial charge in [0.15, 0.2) is 4.80 Å². The molecule has 0 spiro atoms. The highest BCUT2D eigenvalue weighted by molar-refractivity contribution is 7.16. The van der Waals surface area contributed by atoms with Crippen LogP contribution >= 0.6 is 11.3 Å². The van der Waals surface area contributed by atoms with E-state index >= 15 is 0 Å². The Labute approximate surface area is 137 Å². The summed E-state index contributed by atoms with van der Waals surface area (Å²) in [6.45, 7) is 0. The van der Waals surface area contributed by atoms with Crippen LogP contribution in [-0.2, 0) is 7.05 Å². The van der Waals surface area contributed by atoms with Crippen molar-refractivity contribution in [3.8, 4) is 11.5 Å². The number of aryl methyl sites for hydroxylation is 1. The summed E-state index contributed by atoms with van der Waals surface area (Å²) in [5.41, 5.74) is 1.46. The largest absolute Gasteiger partial charge is 0.497 e. The lowest BCUT2D eigenvalue weighted by Gasteiger charge is -2.03. The monoisotopic (exact) mass is 328 g/mol. The van der Waals surface area contributed by atoms with Crippen molar-refractivity contribution in [2.75, 3.05) is 14.2 Å². The number of rotatable bonds is 3. The van der Waals surface area contributed by atoms with Gasteiger partial charge in [0, 0.05) is 12.6 Å². The Morgan fingerprint density at radius 3 is 2.48 bits per heavy atom. The average Bonchev–Trinajstić information content (AvgIpc) is 2.91. The predicted octanol–water partition coefficient (Wildman–Crippen LogP) is 3.00. The molecule has 5 nitrogen and oxygen atoms in total. The molecule has 0 aliphatic rings. The summed E-state index contributed by atoms with van der Waals surface area (Å²) in [4.78, 5) is 17.2. The van der Waals surface area contributed by atoms with Gasteiger partial charge in [-0.2, -0.15) is 4.99 Å². The minimum Gasteiger partial charge on any atom is -0.497 e. The van der Waals surface area contributed by atoms with Crippen LogP contribution in [-0.4, -0.2) is 24.7 Å². The number of para-hydroxylation sites is 1. The molecule has 0 radical (unpaired) electrons. The zero-order chi connectivity index (χ0) is 16.4. The highest BCUT2D eigenvalue weighted by Gasteiger charge is 2.10. The van der Waals surface area contributed by atoms with E-state index in [4.69, 9.17) is 9.47 Å². The Morgan fingerprint density at radius 1 is 1.09 bits per heavy atom. The van der Waals surface area contributed by atoms with E-state index < -0.39 is 0 Å². The topological polar surface area (TPSA) is 52.8 Å². The van der Waals surface area contributed by atoms with E-state index in [2.05, 4.69) is 4.99 Å². The molecule has 0 unspecified atom stereocenters. The van der Waals surface area contributed by atoms with Crippen molar-refractivity contribution >= 4 is 27.5 Å². The zero-order valence-electron chi connectivity index (χ0n) is 13.1. The molecule has 3 aromatic rings. The molecule has 1 amide bonds. The number of thiazole rings is 1. The van der Waals surface area contributed by atoms with Crippen LogP contribution in [0.15, 0.2) is 47.5 Å². The maximum Gasteiger partial charge on any atom is 0.279 e. The first-order chi connectivity index (χ1) is 11.1. The van der Waals surface area contributed by atoms with Gasteiger partial charge in [0.05, 0.1) is 18.9 Å². The summed E-state index contributed by atoms with van der Waals surface area (Å²) < 4.78 is 13.4. The van der Waals surface area contributed by atoms with Crippen LogP contribution in [0, 0.1) is 0 Å². The summed E-state index contributed by atoms with van der Waals surface area (Å²) in [7, 11) is 5.10. The number of ether oxygens (including phenoxy) is 2. The van der Waals surface area contributed by atoms with E-state index in [1.54, 1.807) is 38.5 Å². The van der Waals surface area contributed by atoms with Gasteiger partial charge >= 0.3 is 0 Å². The Balaban J connectivity index is 2.06. The molecule has 2 aromatic carbocycles. The molecule has 118 valence electrons. The molecule has 1 heterocycles. The first-order valence-corrected chi connectivity index (χ1v) is 7.81. The van der Waals surface area contributed by atoms with E-state index in [9.17, 15) is 4.79 Å². The fraction of sp³-hybridized carbons (Fsp3) is 0.176. The van der Waals surface area contributed by atoms with Crippen molar-refractivity contribution in [2.24, 2.45) is 12.0 Å². The third-order valence-electron chi connectivity index (χ3n) is 3.54. The Hall–Kier alpha value is -2.60. The molecule has 0 aliphatic carbocycles. The Kier molecular flexibility index (Phi) is 4.16. The molecule has 0 bridgehead atoms. The van der Waals surface area contributed by atoms with Crippen molar-refractivity contribution in [1.82, 2.24) is 4.57 Å². The second-order valence-corrected chi connectivity index (χ2v) is 5.91. The van der Waals surface area contributed by atoms with Crippen molar-refractivity contribution < 1.29 is 14.3 Å². The predicted molar refractivity (Wildman–Crippen MR) is 90.2 cm³/mol. The van der Waals surface area contributed by atoms with E-state index in [0.717, 1.165) is 16.0 Å². The van der Waals surface area contributed by atoms with E-state index in [1.807, 2.05) is 29.8 Å². The van der Waals surface area contributed by atoms with Crippen LogP contribution in [0.25, 0.3) is 10.2 Å². The third-order valence-corrected chi connectivity index (χ3v) is 4.64. The van der Waals surface area contributed by atoms with Crippen molar-refractivity contribution in [3.05, 3.63) is 52.8 Å². The molecular weight excluding hydrogens is 312 g/mol. The van der Waals surface area contributed by atoms with Gasteiger partial charge in [0.1, 0.15) is 17.0 Å². The van der Waals surface area contributed by atoms with Gasteiger partial charge < -0.3 is 14.0 Å². The SMILES string of the molecule is COc1ccc(C(=O)N=c2sc3cccc(OC)c3n2C)cc1. The summed E-state index contributed by atoms with van der Waals surface area (Å²) in [6, 6.07) is 12.7. The number of amides is 1.